The van der Waals surface area contributed by atoms with Crippen LogP contribution in [0, 0.1) is 0 Å². The lowest BCUT2D eigenvalue weighted by atomic mass is 10.1. The number of ether oxygens (including phenoxy) is 3. The molecule has 0 aromatic heterocycles. The summed E-state index contributed by atoms with van der Waals surface area (Å²) >= 11 is 0. The van der Waals surface area contributed by atoms with Gasteiger partial charge in [-0.05, 0) is 42.8 Å². The topological polar surface area (TPSA) is 106 Å². The number of nitrogen functional groups attached to an aromatic ring is 1. The largest absolute Gasteiger partial charge is 0.460 e. The van der Waals surface area contributed by atoms with Crippen LogP contribution < -0.4 is 11.1 Å². The fourth-order valence-corrected chi connectivity index (χ4v) is 3.84. The molecule has 0 spiro atoms. The van der Waals surface area contributed by atoms with Crippen molar-refractivity contribution in [2.24, 2.45) is 0 Å². The third-order valence-corrected chi connectivity index (χ3v) is 5.64. The number of carbonyl (C=O) groups excluding carboxylic acids is 2. The molecule has 0 bridgehead atoms. The van der Waals surface area contributed by atoms with Crippen LogP contribution in [-0.2, 0) is 25.5 Å². The van der Waals surface area contributed by atoms with Crippen LogP contribution in [0.2, 0.25) is 0 Å². The van der Waals surface area contributed by atoms with Crippen molar-refractivity contribution < 1.29 is 23.8 Å². The first-order valence-corrected chi connectivity index (χ1v) is 11.5. The number of rotatable bonds is 12. The number of hydrogen-bond donors (Lipinski definition) is 2. The molecule has 1 atom stereocenters. The standard InChI is InChI=1S/C25H34N4O5/c1-3-33-24(18-30)29-11-9-28(10-12-29)17-19-5-4-6-21(15-19)27-23-8-7-20(16-22(23)26)25(31)34-14-13-32-2/h4-8,15-16,18,24,27H,3,9-14,17,26H2,1-2H3. The highest BCUT2D eigenvalue weighted by Gasteiger charge is 2.23. The molecule has 0 saturated carbocycles. The van der Waals surface area contributed by atoms with E-state index in [-0.39, 0.29) is 6.61 Å². The second-order valence-electron chi connectivity index (χ2n) is 8.05. The fraction of sp³-hybridized carbons (Fsp3) is 0.440. The van der Waals surface area contributed by atoms with Gasteiger partial charge < -0.3 is 25.3 Å². The zero-order chi connectivity index (χ0) is 24.3. The zero-order valence-electron chi connectivity index (χ0n) is 19.9. The van der Waals surface area contributed by atoms with Gasteiger partial charge in [0.05, 0.1) is 23.5 Å². The molecule has 3 rings (SSSR count). The lowest BCUT2D eigenvalue weighted by molar-refractivity contribution is -0.133. The number of nitrogens with two attached hydrogens (primary N) is 1. The van der Waals surface area contributed by atoms with Crippen molar-refractivity contribution in [3.63, 3.8) is 0 Å². The van der Waals surface area contributed by atoms with E-state index in [0.29, 0.717) is 24.5 Å². The van der Waals surface area contributed by atoms with Crippen molar-refractivity contribution in [3.05, 3.63) is 53.6 Å². The van der Waals surface area contributed by atoms with Gasteiger partial charge in [-0.1, -0.05) is 12.1 Å². The van der Waals surface area contributed by atoms with Crippen molar-refractivity contribution in [2.75, 3.05) is 64.2 Å². The predicted molar refractivity (Wildman–Crippen MR) is 131 cm³/mol. The maximum Gasteiger partial charge on any atom is 0.338 e. The smallest absolute Gasteiger partial charge is 0.338 e. The zero-order valence-corrected chi connectivity index (χ0v) is 19.9. The summed E-state index contributed by atoms with van der Waals surface area (Å²) in [4.78, 5) is 27.8. The van der Waals surface area contributed by atoms with Crippen LogP contribution in [0.5, 0.6) is 0 Å². The van der Waals surface area contributed by atoms with Gasteiger partial charge >= 0.3 is 5.97 Å². The Hall–Kier alpha value is -2.98. The first kappa shape index (κ1) is 25.6. The molecule has 1 unspecified atom stereocenters. The molecule has 2 aromatic carbocycles. The van der Waals surface area contributed by atoms with Gasteiger partial charge in [0, 0.05) is 52.1 Å². The Morgan fingerprint density at radius 3 is 2.62 bits per heavy atom. The number of nitrogens with one attached hydrogen (secondary N) is 1. The molecular formula is C25H34N4O5. The Bertz CT molecular complexity index is 947. The summed E-state index contributed by atoms with van der Waals surface area (Å²) in [7, 11) is 1.55. The molecule has 2 aromatic rings. The summed E-state index contributed by atoms with van der Waals surface area (Å²) in [6, 6.07) is 13.2. The number of methoxy groups -OCH3 is 1. The van der Waals surface area contributed by atoms with E-state index in [0.717, 1.165) is 50.4 Å². The van der Waals surface area contributed by atoms with E-state index in [2.05, 4.69) is 27.2 Å². The molecule has 1 aliphatic heterocycles. The SMILES string of the molecule is CCOC(C=O)N1CCN(Cc2cccc(Nc3ccc(C(=O)OCCOC)cc3N)c2)CC1. The maximum absolute atomic E-state index is 12.1. The number of nitrogens with zero attached hydrogens (tertiary/aromatic N) is 2. The van der Waals surface area contributed by atoms with Crippen LogP contribution in [0.4, 0.5) is 17.1 Å². The molecule has 1 heterocycles. The minimum Gasteiger partial charge on any atom is -0.460 e. The lowest BCUT2D eigenvalue weighted by Gasteiger charge is -2.37. The molecule has 9 nitrogen and oxygen atoms in total. The van der Waals surface area contributed by atoms with Crippen molar-refractivity contribution in [1.29, 1.82) is 0 Å². The Morgan fingerprint density at radius 2 is 1.94 bits per heavy atom. The van der Waals surface area contributed by atoms with Crippen LogP contribution in [0.3, 0.4) is 0 Å². The molecule has 3 N–H and O–H groups in total. The minimum atomic E-state index is -0.455. The lowest BCUT2D eigenvalue weighted by Crippen LogP contribution is -2.51. The minimum absolute atomic E-state index is 0.196. The van der Waals surface area contributed by atoms with Crippen LogP contribution >= 0.6 is 0 Å². The molecular weight excluding hydrogens is 436 g/mol. The quantitative estimate of drug-likeness (QED) is 0.209. The normalized spacial score (nSPS) is 15.6. The molecule has 0 radical (unpaired) electrons. The Kier molecular flexibility index (Phi) is 9.84. The predicted octanol–water partition coefficient (Wildman–Crippen LogP) is 2.49. The van der Waals surface area contributed by atoms with E-state index >= 15 is 0 Å². The van der Waals surface area contributed by atoms with E-state index in [1.807, 2.05) is 19.1 Å². The molecule has 0 aliphatic carbocycles. The Labute approximate surface area is 200 Å². The first-order chi connectivity index (χ1) is 16.5. The number of benzene rings is 2. The molecule has 1 fully saturated rings. The van der Waals surface area contributed by atoms with Crippen LogP contribution in [0.25, 0.3) is 0 Å². The molecule has 34 heavy (non-hydrogen) atoms. The third kappa shape index (κ3) is 7.26. The van der Waals surface area contributed by atoms with Gasteiger partial charge in [0.25, 0.3) is 0 Å². The van der Waals surface area contributed by atoms with Gasteiger partial charge in [-0.2, -0.15) is 0 Å². The maximum atomic E-state index is 12.1. The molecule has 0 amide bonds. The second kappa shape index (κ2) is 13.0. The summed E-state index contributed by atoms with van der Waals surface area (Å²) < 4.78 is 15.5. The highest BCUT2D eigenvalue weighted by atomic mass is 16.6. The molecule has 1 saturated heterocycles. The summed E-state index contributed by atoms with van der Waals surface area (Å²) in [5.41, 5.74) is 9.84. The first-order valence-electron chi connectivity index (χ1n) is 11.5. The summed E-state index contributed by atoms with van der Waals surface area (Å²) in [6.45, 7) is 7.08. The molecule has 184 valence electrons. The van der Waals surface area contributed by atoms with Crippen LogP contribution in [-0.4, -0.2) is 81.4 Å². The molecule has 9 heteroatoms. The Morgan fingerprint density at radius 1 is 1.15 bits per heavy atom. The van der Waals surface area contributed by atoms with E-state index in [1.54, 1.807) is 25.3 Å². The van der Waals surface area contributed by atoms with E-state index in [1.165, 1.54) is 5.56 Å². The van der Waals surface area contributed by atoms with Gasteiger partial charge in [-0.3, -0.25) is 14.6 Å². The van der Waals surface area contributed by atoms with Gasteiger partial charge in [-0.15, -0.1) is 0 Å². The van der Waals surface area contributed by atoms with Crippen LogP contribution in [0.1, 0.15) is 22.8 Å². The second-order valence-corrected chi connectivity index (χ2v) is 8.05. The highest BCUT2D eigenvalue weighted by molar-refractivity contribution is 5.92. The monoisotopic (exact) mass is 470 g/mol. The number of esters is 1. The fourth-order valence-electron chi connectivity index (χ4n) is 3.84. The van der Waals surface area contributed by atoms with Crippen molar-refractivity contribution in [1.82, 2.24) is 9.80 Å². The number of carbonyl (C=O) groups is 2. The van der Waals surface area contributed by atoms with Gasteiger partial charge in [0.15, 0.2) is 12.5 Å². The number of anilines is 3. The van der Waals surface area contributed by atoms with E-state index in [4.69, 9.17) is 19.9 Å². The molecule has 1 aliphatic rings. The Balaban J connectivity index is 1.56. The van der Waals surface area contributed by atoms with Gasteiger partial charge in [-0.25, -0.2) is 4.79 Å². The highest BCUT2D eigenvalue weighted by Crippen LogP contribution is 2.25. The van der Waals surface area contributed by atoms with Gasteiger partial charge in [0.2, 0.25) is 0 Å². The van der Waals surface area contributed by atoms with Crippen molar-refractivity contribution >= 4 is 29.3 Å². The summed E-state index contributed by atoms with van der Waals surface area (Å²) in [5.74, 6) is -0.432. The van der Waals surface area contributed by atoms with Crippen LogP contribution in [0.15, 0.2) is 42.5 Å². The van der Waals surface area contributed by atoms with Gasteiger partial charge in [0.1, 0.15) is 6.61 Å². The van der Waals surface area contributed by atoms with Crippen molar-refractivity contribution in [2.45, 2.75) is 19.7 Å². The summed E-state index contributed by atoms with van der Waals surface area (Å²) in [5, 5.41) is 3.33. The average molecular weight is 471 g/mol. The number of hydrogen-bond acceptors (Lipinski definition) is 9. The van der Waals surface area contributed by atoms with Crippen molar-refractivity contribution in [3.8, 4) is 0 Å². The van der Waals surface area contributed by atoms with E-state index in [9.17, 15) is 9.59 Å². The number of aldehydes is 1. The van der Waals surface area contributed by atoms with E-state index < -0.39 is 12.2 Å². The third-order valence-electron chi connectivity index (χ3n) is 5.64. The average Bonchev–Trinajstić information content (AvgIpc) is 2.85. The summed E-state index contributed by atoms with van der Waals surface area (Å²) in [6.07, 6.45) is 0.417. The number of piperazine rings is 1.